The molecule has 0 bridgehead atoms. The number of rotatable bonds is 5. The molecule has 0 saturated heterocycles. The van der Waals surface area contributed by atoms with E-state index in [9.17, 15) is 4.79 Å². The van der Waals surface area contributed by atoms with Gasteiger partial charge >= 0.3 is 0 Å². The lowest BCUT2D eigenvalue weighted by molar-refractivity contribution is -0.134. The molecule has 0 heterocycles. The van der Waals surface area contributed by atoms with Gasteiger partial charge < -0.3 is 10.6 Å². The van der Waals surface area contributed by atoms with Crippen LogP contribution in [0.25, 0.3) is 0 Å². The van der Waals surface area contributed by atoms with E-state index in [1.807, 2.05) is 0 Å². The summed E-state index contributed by atoms with van der Waals surface area (Å²) in [7, 11) is 0. The predicted molar refractivity (Wildman–Crippen MR) is 69.6 cm³/mol. The van der Waals surface area contributed by atoms with E-state index in [4.69, 9.17) is 5.73 Å². The molecular formula is C14H26N2O. The Morgan fingerprint density at radius 1 is 1.24 bits per heavy atom. The van der Waals surface area contributed by atoms with Gasteiger partial charge in [0.1, 0.15) is 0 Å². The Hall–Kier alpha value is -0.570. The van der Waals surface area contributed by atoms with Gasteiger partial charge in [0.2, 0.25) is 5.91 Å². The topological polar surface area (TPSA) is 46.3 Å². The Labute approximate surface area is 105 Å². The fourth-order valence-corrected chi connectivity index (χ4v) is 2.99. The second kappa shape index (κ2) is 5.85. The fraction of sp³-hybridized carbons (Fsp3) is 0.929. The number of carbonyl (C=O) groups excluding carboxylic acids is 1. The molecule has 3 nitrogen and oxygen atoms in total. The summed E-state index contributed by atoms with van der Waals surface area (Å²) in [5.41, 5.74) is 6.20. The standard InChI is InChI=1S/C14H26N2O/c1-2-10-16(12-8-9-12)14(17)13(15)11-6-4-3-5-7-11/h11-13H,2-10,15H2,1H3/t13-/m0/s1. The third-order valence-corrected chi connectivity index (χ3v) is 4.18. The highest BCUT2D eigenvalue weighted by Crippen LogP contribution is 2.30. The van der Waals surface area contributed by atoms with Crippen molar-refractivity contribution in [2.75, 3.05) is 6.54 Å². The van der Waals surface area contributed by atoms with Crippen molar-refractivity contribution in [1.29, 1.82) is 0 Å². The molecule has 17 heavy (non-hydrogen) atoms. The minimum Gasteiger partial charge on any atom is -0.338 e. The minimum absolute atomic E-state index is 0.223. The van der Waals surface area contributed by atoms with Crippen LogP contribution in [0, 0.1) is 5.92 Å². The van der Waals surface area contributed by atoms with E-state index >= 15 is 0 Å². The molecule has 0 spiro atoms. The molecule has 0 radical (unpaired) electrons. The molecule has 2 rings (SSSR count). The highest BCUT2D eigenvalue weighted by molar-refractivity contribution is 5.82. The van der Waals surface area contributed by atoms with Crippen LogP contribution in [0.15, 0.2) is 0 Å². The van der Waals surface area contributed by atoms with Crippen LogP contribution >= 0.6 is 0 Å². The van der Waals surface area contributed by atoms with Crippen molar-refractivity contribution in [1.82, 2.24) is 4.90 Å². The van der Waals surface area contributed by atoms with Gasteiger partial charge in [0.15, 0.2) is 0 Å². The van der Waals surface area contributed by atoms with Gasteiger partial charge in [-0.2, -0.15) is 0 Å². The molecular weight excluding hydrogens is 212 g/mol. The molecule has 2 aliphatic carbocycles. The Bertz CT molecular complexity index is 257. The molecule has 3 heteroatoms. The smallest absolute Gasteiger partial charge is 0.240 e. The SMILES string of the molecule is CCCN(C(=O)[C@@H](N)C1CCCCC1)C1CC1. The van der Waals surface area contributed by atoms with Gasteiger partial charge in [0, 0.05) is 12.6 Å². The summed E-state index contributed by atoms with van der Waals surface area (Å²) in [6, 6.07) is 0.277. The van der Waals surface area contributed by atoms with Gasteiger partial charge in [-0.1, -0.05) is 26.2 Å². The number of nitrogens with zero attached hydrogens (tertiary/aromatic N) is 1. The first-order chi connectivity index (χ1) is 8.24. The predicted octanol–water partition coefficient (Wildman–Crippen LogP) is 2.29. The Morgan fingerprint density at radius 3 is 2.41 bits per heavy atom. The number of nitrogens with two attached hydrogens (primary N) is 1. The van der Waals surface area contributed by atoms with E-state index in [1.54, 1.807) is 0 Å². The van der Waals surface area contributed by atoms with Crippen molar-refractivity contribution in [3.8, 4) is 0 Å². The summed E-state index contributed by atoms with van der Waals surface area (Å²) < 4.78 is 0. The second-order valence-corrected chi connectivity index (χ2v) is 5.69. The maximum absolute atomic E-state index is 12.4. The molecule has 98 valence electrons. The summed E-state index contributed by atoms with van der Waals surface area (Å²) in [5, 5.41) is 0. The first-order valence-electron chi connectivity index (χ1n) is 7.30. The Kier molecular flexibility index (Phi) is 4.43. The Balaban J connectivity index is 1.91. The van der Waals surface area contributed by atoms with Crippen molar-refractivity contribution in [2.45, 2.75) is 70.4 Å². The molecule has 0 unspecified atom stereocenters. The van der Waals surface area contributed by atoms with E-state index < -0.39 is 0 Å². The number of hydrogen-bond acceptors (Lipinski definition) is 2. The number of hydrogen-bond donors (Lipinski definition) is 1. The minimum atomic E-state index is -0.234. The van der Waals surface area contributed by atoms with Gasteiger partial charge in [0.05, 0.1) is 6.04 Å². The summed E-state index contributed by atoms with van der Waals surface area (Å²) in [6.45, 7) is 3.03. The van der Waals surface area contributed by atoms with Gasteiger partial charge in [0.25, 0.3) is 0 Å². The molecule has 2 N–H and O–H groups in total. The van der Waals surface area contributed by atoms with Crippen LogP contribution in [-0.2, 0) is 4.79 Å². The van der Waals surface area contributed by atoms with Crippen molar-refractivity contribution in [3.05, 3.63) is 0 Å². The van der Waals surface area contributed by atoms with Crippen molar-refractivity contribution in [3.63, 3.8) is 0 Å². The molecule has 0 aromatic carbocycles. The third-order valence-electron chi connectivity index (χ3n) is 4.18. The van der Waals surface area contributed by atoms with Gasteiger partial charge in [-0.3, -0.25) is 4.79 Å². The zero-order chi connectivity index (χ0) is 12.3. The number of amides is 1. The lowest BCUT2D eigenvalue weighted by Crippen LogP contribution is -2.49. The summed E-state index contributed by atoms with van der Waals surface area (Å²) in [4.78, 5) is 14.5. The lowest BCUT2D eigenvalue weighted by atomic mass is 9.83. The van der Waals surface area contributed by atoms with Gasteiger partial charge in [-0.15, -0.1) is 0 Å². The van der Waals surface area contributed by atoms with E-state index in [0.29, 0.717) is 12.0 Å². The maximum Gasteiger partial charge on any atom is 0.240 e. The van der Waals surface area contributed by atoms with E-state index in [-0.39, 0.29) is 11.9 Å². The first kappa shape index (κ1) is 12.9. The zero-order valence-electron chi connectivity index (χ0n) is 11.0. The normalized spacial score (nSPS) is 23.4. The molecule has 2 fully saturated rings. The molecule has 2 saturated carbocycles. The van der Waals surface area contributed by atoms with Crippen LogP contribution < -0.4 is 5.73 Å². The summed E-state index contributed by atoms with van der Waals surface area (Å²) in [5.74, 6) is 0.663. The van der Waals surface area contributed by atoms with Crippen LogP contribution in [0.2, 0.25) is 0 Å². The zero-order valence-corrected chi connectivity index (χ0v) is 11.0. The average molecular weight is 238 g/mol. The lowest BCUT2D eigenvalue weighted by Gasteiger charge is -2.31. The monoisotopic (exact) mass is 238 g/mol. The quantitative estimate of drug-likeness (QED) is 0.799. The van der Waals surface area contributed by atoms with E-state index in [0.717, 1.165) is 25.8 Å². The molecule has 2 aliphatic rings. The van der Waals surface area contributed by atoms with E-state index in [2.05, 4.69) is 11.8 Å². The summed E-state index contributed by atoms with van der Waals surface area (Å²) in [6.07, 6.45) is 9.53. The molecule has 1 amide bonds. The van der Waals surface area contributed by atoms with Crippen LogP contribution in [-0.4, -0.2) is 29.4 Å². The maximum atomic E-state index is 12.4. The molecule has 0 aliphatic heterocycles. The average Bonchev–Trinajstić information content (AvgIpc) is 3.19. The molecule has 0 aromatic heterocycles. The van der Waals surface area contributed by atoms with Crippen molar-refractivity contribution < 1.29 is 4.79 Å². The largest absolute Gasteiger partial charge is 0.338 e. The highest BCUT2D eigenvalue weighted by Gasteiger charge is 2.36. The molecule has 0 aromatic rings. The van der Waals surface area contributed by atoms with Crippen molar-refractivity contribution >= 4 is 5.91 Å². The highest BCUT2D eigenvalue weighted by atomic mass is 16.2. The first-order valence-corrected chi connectivity index (χ1v) is 7.30. The van der Waals surface area contributed by atoms with Gasteiger partial charge in [-0.05, 0) is 38.0 Å². The molecule has 1 atom stereocenters. The number of carbonyl (C=O) groups is 1. The van der Waals surface area contributed by atoms with Crippen molar-refractivity contribution in [2.24, 2.45) is 11.7 Å². The fourth-order valence-electron chi connectivity index (χ4n) is 2.99. The Morgan fingerprint density at radius 2 is 1.88 bits per heavy atom. The van der Waals surface area contributed by atoms with Crippen LogP contribution in [0.4, 0.5) is 0 Å². The van der Waals surface area contributed by atoms with Crippen LogP contribution in [0.3, 0.4) is 0 Å². The third kappa shape index (κ3) is 3.21. The second-order valence-electron chi connectivity index (χ2n) is 5.69. The van der Waals surface area contributed by atoms with Crippen LogP contribution in [0.1, 0.15) is 58.3 Å². The van der Waals surface area contributed by atoms with Crippen LogP contribution in [0.5, 0.6) is 0 Å². The summed E-state index contributed by atoms with van der Waals surface area (Å²) >= 11 is 0. The van der Waals surface area contributed by atoms with E-state index in [1.165, 1.54) is 32.1 Å². The van der Waals surface area contributed by atoms with Gasteiger partial charge in [-0.25, -0.2) is 0 Å².